The van der Waals surface area contributed by atoms with Crippen molar-refractivity contribution in [1.82, 2.24) is 9.73 Å². The largest absolute Gasteiger partial charge is 0.488 e. The molecule has 0 unspecified atom stereocenters. The Morgan fingerprint density at radius 1 is 0.897 bits per heavy atom. The van der Waals surface area contributed by atoms with E-state index in [1.807, 2.05) is 85.8 Å². The number of nitrogens with one attached hydrogen (secondary N) is 1. The van der Waals surface area contributed by atoms with Gasteiger partial charge in [-0.2, -0.15) is 9.41 Å². The molecule has 0 spiro atoms. The summed E-state index contributed by atoms with van der Waals surface area (Å²) in [5.74, 6) is 0.0416. The molecular formula is C30H28BrN3O4S. The number of benzene rings is 4. The lowest BCUT2D eigenvalue weighted by molar-refractivity contribution is -0.121. The van der Waals surface area contributed by atoms with Gasteiger partial charge in [0.15, 0.2) is 0 Å². The van der Waals surface area contributed by atoms with Gasteiger partial charge in [0.05, 0.1) is 17.7 Å². The number of hydrogen-bond donors (Lipinski definition) is 1. The van der Waals surface area contributed by atoms with Gasteiger partial charge in [-0.05, 0) is 54.4 Å². The van der Waals surface area contributed by atoms with E-state index in [1.165, 1.54) is 18.3 Å². The minimum absolute atomic E-state index is 0.0337. The van der Waals surface area contributed by atoms with Gasteiger partial charge in [-0.25, -0.2) is 13.8 Å². The number of rotatable bonds is 11. The molecule has 0 aliphatic rings. The van der Waals surface area contributed by atoms with E-state index >= 15 is 0 Å². The molecule has 0 heterocycles. The Kier molecular flexibility index (Phi) is 9.64. The molecular weight excluding hydrogens is 578 g/mol. The molecule has 0 saturated carbocycles. The zero-order valence-electron chi connectivity index (χ0n) is 21.3. The first kappa shape index (κ1) is 28.2. The van der Waals surface area contributed by atoms with Gasteiger partial charge in [0.25, 0.3) is 5.91 Å². The van der Waals surface area contributed by atoms with Crippen LogP contribution in [0.2, 0.25) is 0 Å². The van der Waals surface area contributed by atoms with E-state index in [4.69, 9.17) is 4.74 Å². The maximum atomic E-state index is 13.5. The second kappa shape index (κ2) is 13.3. The third-order valence-corrected chi connectivity index (χ3v) is 8.13. The van der Waals surface area contributed by atoms with E-state index in [1.54, 1.807) is 12.1 Å². The third kappa shape index (κ3) is 8.10. The molecule has 7 nitrogen and oxygen atoms in total. The standard InChI is InChI=1S/C30H28BrN3O4S/c1-23-11-13-24(14-12-23)20-34(39(36,37)28-17-15-27(31)16-18-28)21-30(35)33-32-19-26-9-5-6-10-29(26)38-22-25-7-3-2-4-8-25/h2-19H,20-22H2,1H3,(H,33,35)/b32-19-. The smallest absolute Gasteiger partial charge is 0.255 e. The van der Waals surface area contributed by atoms with Crippen molar-refractivity contribution in [1.29, 1.82) is 0 Å². The third-order valence-electron chi connectivity index (χ3n) is 5.80. The lowest BCUT2D eigenvalue weighted by Crippen LogP contribution is -2.39. The van der Waals surface area contributed by atoms with Gasteiger partial charge in [0.2, 0.25) is 10.0 Å². The van der Waals surface area contributed by atoms with Crippen molar-refractivity contribution in [3.05, 3.63) is 130 Å². The Morgan fingerprint density at radius 2 is 1.56 bits per heavy atom. The van der Waals surface area contributed by atoms with Crippen molar-refractivity contribution < 1.29 is 17.9 Å². The van der Waals surface area contributed by atoms with Gasteiger partial charge in [0.1, 0.15) is 12.4 Å². The molecule has 0 aliphatic carbocycles. The van der Waals surface area contributed by atoms with Crippen LogP contribution in [-0.2, 0) is 28.0 Å². The fourth-order valence-electron chi connectivity index (χ4n) is 3.70. The van der Waals surface area contributed by atoms with Gasteiger partial charge >= 0.3 is 0 Å². The second-order valence-corrected chi connectivity index (χ2v) is 11.7. The maximum absolute atomic E-state index is 13.5. The van der Waals surface area contributed by atoms with E-state index in [9.17, 15) is 13.2 Å². The highest BCUT2D eigenvalue weighted by atomic mass is 79.9. The number of para-hydroxylation sites is 1. The zero-order chi connectivity index (χ0) is 27.7. The van der Waals surface area contributed by atoms with Crippen LogP contribution in [0.4, 0.5) is 0 Å². The van der Waals surface area contributed by atoms with Crippen molar-refractivity contribution in [3.63, 3.8) is 0 Å². The van der Waals surface area contributed by atoms with Crippen LogP contribution in [0.3, 0.4) is 0 Å². The second-order valence-electron chi connectivity index (χ2n) is 8.82. The summed E-state index contributed by atoms with van der Waals surface area (Å²) in [6.45, 7) is 1.97. The zero-order valence-corrected chi connectivity index (χ0v) is 23.7. The molecule has 200 valence electrons. The minimum Gasteiger partial charge on any atom is -0.488 e. The fourth-order valence-corrected chi connectivity index (χ4v) is 5.35. The van der Waals surface area contributed by atoms with Crippen LogP contribution >= 0.6 is 15.9 Å². The number of carbonyl (C=O) groups excluding carboxylic acids is 1. The molecule has 0 atom stereocenters. The van der Waals surface area contributed by atoms with Crippen molar-refractivity contribution in [2.24, 2.45) is 5.10 Å². The summed E-state index contributed by atoms with van der Waals surface area (Å²) < 4.78 is 34.7. The summed E-state index contributed by atoms with van der Waals surface area (Å²) in [4.78, 5) is 12.9. The van der Waals surface area contributed by atoms with Crippen LogP contribution in [0, 0.1) is 6.92 Å². The van der Waals surface area contributed by atoms with Crippen LogP contribution < -0.4 is 10.2 Å². The Bertz CT molecular complexity index is 1520. The minimum atomic E-state index is -3.96. The summed E-state index contributed by atoms with van der Waals surface area (Å²) in [5.41, 5.74) is 5.97. The highest BCUT2D eigenvalue weighted by Crippen LogP contribution is 2.21. The molecule has 0 saturated heterocycles. The Balaban J connectivity index is 1.46. The quantitative estimate of drug-likeness (QED) is 0.176. The van der Waals surface area contributed by atoms with Crippen LogP contribution in [0.5, 0.6) is 5.75 Å². The molecule has 0 radical (unpaired) electrons. The molecule has 1 N–H and O–H groups in total. The van der Waals surface area contributed by atoms with E-state index in [0.717, 1.165) is 25.5 Å². The maximum Gasteiger partial charge on any atom is 0.255 e. The first-order chi connectivity index (χ1) is 18.8. The van der Waals surface area contributed by atoms with Crippen LogP contribution in [0.1, 0.15) is 22.3 Å². The highest BCUT2D eigenvalue weighted by Gasteiger charge is 2.27. The first-order valence-electron chi connectivity index (χ1n) is 12.2. The average molecular weight is 607 g/mol. The van der Waals surface area contributed by atoms with Gasteiger partial charge in [-0.3, -0.25) is 4.79 Å². The highest BCUT2D eigenvalue weighted by molar-refractivity contribution is 9.10. The summed E-state index contributed by atoms with van der Waals surface area (Å²) in [7, 11) is -3.96. The van der Waals surface area contributed by atoms with Gasteiger partial charge < -0.3 is 4.74 Å². The molecule has 39 heavy (non-hydrogen) atoms. The van der Waals surface area contributed by atoms with Crippen molar-refractivity contribution in [2.45, 2.75) is 25.0 Å². The van der Waals surface area contributed by atoms with Crippen LogP contribution in [-0.4, -0.2) is 31.4 Å². The monoisotopic (exact) mass is 605 g/mol. The van der Waals surface area contributed by atoms with Crippen molar-refractivity contribution in [3.8, 4) is 5.75 Å². The average Bonchev–Trinajstić information content (AvgIpc) is 2.94. The molecule has 0 bridgehead atoms. The van der Waals surface area contributed by atoms with Crippen LogP contribution in [0.15, 0.2) is 118 Å². The SMILES string of the molecule is Cc1ccc(CN(CC(=O)N/N=C\c2ccccc2OCc2ccccc2)S(=O)(=O)c2ccc(Br)cc2)cc1. The number of hydrazone groups is 1. The first-order valence-corrected chi connectivity index (χ1v) is 14.4. The van der Waals surface area contributed by atoms with E-state index < -0.39 is 22.5 Å². The van der Waals surface area contributed by atoms with Crippen molar-refractivity contribution in [2.75, 3.05) is 6.54 Å². The van der Waals surface area contributed by atoms with E-state index in [-0.39, 0.29) is 11.4 Å². The summed E-state index contributed by atoms with van der Waals surface area (Å²) in [5, 5.41) is 4.06. The molecule has 4 aromatic carbocycles. The number of hydrogen-bond acceptors (Lipinski definition) is 5. The topological polar surface area (TPSA) is 88.1 Å². The molecule has 9 heteroatoms. The predicted molar refractivity (Wildman–Crippen MR) is 156 cm³/mol. The molecule has 0 fully saturated rings. The molecule has 4 aromatic rings. The number of carbonyl (C=O) groups is 1. The number of ether oxygens (including phenoxy) is 1. The van der Waals surface area contributed by atoms with Gasteiger partial charge in [0, 0.05) is 16.6 Å². The number of sulfonamides is 1. The molecule has 0 aromatic heterocycles. The van der Waals surface area contributed by atoms with Gasteiger partial charge in [-0.15, -0.1) is 0 Å². The molecule has 4 rings (SSSR count). The van der Waals surface area contributed by atoms with Gasteiger partial charge in [-0.1, -0.05) is 88.2 Å². The van der Waals surface area contributed by atoms with Crippen molar-refractivity contribution >= 4 is 38.1 Å². The Morgan fingerprint density at radius 3 is 2.28 bits per heavy atom. The predicted octanol–water partition coefficient (Wildman–Crippen LogP) is 5.68. The molecule has 0 aliphatic heterocycles. The lowest BCUT2D eigenvalue weighted by atomic mass is 10.1. The Hall–Kier alpha value is -3.79. The van der Waals surface area contributed by atoms with Crippen LogP contribution in [0.25, 0.3) is 0 Å². The number of halogens is 1. The van der Waals surface area contributed by atoms with E-state index in [0.29, 0.717) is 17.9 Å². The summed E-state index contributed by atoms with van der Waals surface area (Å²) in [6, 6.07) is 30.9. The Labute approximate surface area is 237 Å². The lowest BCUT2D eigenvalue weighted by Gasteiger charge is -2.21. The summed E-state index contributed by atoms with van der Waals surface area (Å²) in [6.07, 6.45) is 1.48. The number of aryl methyl sites for hydroxylation is 1. The normalized spacial score (nSPS) is 11.6. The number of nitrogens with zero attached hydrogens (tertiary/aromatic N) is 2. The number of amides is 1. The summed E-state index contributed by atoms with van der Waals surface area (Å²) >= 11 is 3.33. The fraction of sp³-hybridized carbons (Fsp3) is 0.133. The van der Waals surface area contributed by atoms with E-state index in [2.05, 4.69) is 26.5 Å². The molecule has 1 amide bonds.